The van der Waals surface area contributed by atoms with Gasteiger partial charge in [0.2, 0.25) is 0 Å². The predicted octanol–water partition coefficient (Wildman–Crippen LogP) is 2.93. The van der Waals surface area contributed by atoms with Crippen molar-refractivity contribution in [3.8, 4) is 0 Å². The summed E-state index contributed by atoms with van der Waals surface area (Å²) >= 11 is 3.21. The second-order valence-corrected chi connectivity index (χ2v) is 4.17. The number of aliphatic hydroxyl groups is 1. The van der Waals surface area contributed by atoms with Gasteiger partial charge in [0.05, 0.1) is 6.61 Å². The summed E-state index contributed by atoms with van der Waals surface area (Å²) in [6.07, 6.45) is 1.84. The van der Waals surface area contributed by atoms with Crippen LogP contribution in [0.25, 0.3) is 0 Å². The molecule has 0 spiro atoms. The molecular weight excluding hydrogens is 263 g/mol. The van der Waals surface area contributed by atoms with Crippen molar-refractivity contribution in [3.05, 3.63) is 45.9 Å². The highest BCUT2D eigenvalue weighted by Crippen LogP contribution is 2.31. The number of aliphatic hydroxyl groups excluding tert-OH is 1. The molecule has 0 bridgehead atoms. The standard InChI is InChI=1S/C11H10BrFO2/c12-9-6-7(13)3-4-8(9)11(14)10-2-1-5-15-10/h2-4,6,11,14H,1,5H2. The number of benzene rings is 1. The second kappa shape index (κ2) is 4.33. The fourth-order valence-electron chi connectivity index (χ4n) is 1.50. The van der Waals surface area contributed by atoms with Crippen molar-refractivity contribution >= 4 is 15.9 Å². The van der Waals surface area contributed by atoms with E-state index in [0.29, 0.717) is 22.4 Å². The number of rotatable bonds is 2. The lowest BCUT2D eigenvalue weighted by molar-refractivity contribution is 0.118. The monoisotopic (exact) mass is 272 g/mol. The lowest BCUT2D eigenvalue weighted by atomic mass is 10.1. The Labute approximate surface area is 95.5 Å². The lowest BCUT2D eigenvalue weighted by Crippen LogP contribution is -2.03. The smallest absolute Gasteiger partial charge is 0.137 e. The molecule has 0 saturated heterocycles. The van der Waals surface area contributed by atoms with Crippen LogP contribution in [0.4, 0.5) is 4.39 Å². The van der Waals surface area contributed by atoms with Crippen LogP contribution in [-0.4, -0.2) is 11.7 Å². The van der Waals surface area contributed by atoms with E-state index in [2.05, 4.69) is 15.9 Å². The molecule has 0 aliphatic carbocycles. The highest BCUT2D eigenvalue weighted by Gasteiger charge is 2.20. The van der Waals surface area contributed by atoms with E-state index >= 15 is 0 Å². The molecule has 0 amide bonds. The van der Waals surface area contributed by atoms with Gasteiger partial charge >= 0.3 is 0 Å². The van der Waals surface area contributed by atoms with Crippen LogP contribution in [0.3, 0.4) is 0 Å². The molecule has 15 heavy (non-hydrogen) atoms. The molecule has 1 aliphatic rings. The van der Waals surface area contributed by atoms with Crippen LogP contribution in [0.5, 0.6) is 0 Å². The van der Waals surface area contributed by atoms with Gasteiger partial charge in [0, 0.05) is 16.5 Å². The van der Waals surface area contributed by atoms with Gasteiger partial charge in [-0.15, -0.1) is 0 Å². The van der Waals surface area contributed by atoms with Crippen LogP contribution >= 0.6 is 15.9 Å². The fourth-order valence-corrected chi connectivity index (χ4v) is 2.07. The van der Waals surface area contributed by atoms with E-state index in [9.17, 15) is 9.50 Å². The number of hydrogen-bond donors (Lipinski definition) is 1. The lowest BCUT2D eigenvalue weighted by Gasteiger charge is -2.14. The zero-order chi connectivity index (χ0) is 10.8. The van der Waals surface area contributed by atoms with Gasteiger partial charge < -0.3 is 9.84 Å². The molecule has 0 saturated carbocycles. The molecule has 4 heteroatoms. The molecule has 1 N–H and O–H groups in total. The van der Waals surface area contributed by atoms with Gasteiger partial charge in [0.1, 0.15) is 17.7 Å². The van der Waals surface area contributed by atoms with Crippen LogP contribution in [0, 0.1) is 5.82 Å². The molecule has 0 fully saturated rings. The largest absolute Gasteiger partial charge is 0.495 e. The van der Waals surface area contributed by atoms with Gasteiger partial charge in [0.15, 0.2) is 0 Å². The third-order valence-corrected chi connectivity index (χ3v) is 2.95. The minimum absolute atomic E-state index is 0.334. The summed E-state index contributed by atoms with van der Waals surface area (Å²) in [5.74, 6) is 0.210. The maximum absolute atomic E-state index is 12.8. The molecule has 80 valence electrons. The summed E-state index contributed by atoms with van der Waals surface area (Å²) in [5.41, 5.74) is 0.615. The first kappa shape index (κ1) is 10.6. The minimum atomic E-state index is -0.817. The van der Waals surface area contributed by atoms with Crippen molar-refractivity contribution in [2.75, 3.05) is 6.61 Å². The zero-order valence-electron chi connectivity index (χ0n) is 7.91. The van der Waals surface area contributed by atoms with Crippen LogP contribution in [0.2, 0.25) is 0 Å². The Morgan fingerprint density at radius 3 is 2.87 bits per heavy atom. The topological polar surface area (TPSA) is 29.5 Å². The maximum Gasteiger partial charge on any atom is 0.137 e. The molecule has 0 aromatic heterocycles. The third-order valence-electron chi connectivity index (χ3n) is 2.26. The molecule has 2 nitrogen and oxygen atoms in total. The molecule has 1 aliphatic heterocycles. The highest BCUT2D eigenvalue weighted by atomic mass is 79.9. The molecule has 0 radical (unpaired) electrons. The van der Waals surface area contributed by atoms with Gasteiger partial charge in [-0.2, -0.15) is 0 Å². The summed E-state index contributed by atoms with van der Waals surface area (Å²) < 4.78 is 18.6. The van der Waals surface area contributed by atoms with Crippen LogP contribution in [0.1, 0.15) is 18.1 Å². The van der Waals surface area contributed by atoms with Crippen LogP contribution in [-0.2, 0) is 4.74 Å². The average molecular weight is 273 g/mol. The zero-order valence-corrected chi connectivity index (χ0v) is 9.50. The Bertz CT molecular complexity index is 404. The van der Waals surface area contributed by atoms with E-state index in [1.807, 2.05) is 6.08 Å². The van der Waals surface area contributed by atoms with E-state index in [0.717, 1.165) is 6.42 Å². The Balaban J connectivity index is 2.28. The van der Waals surface area contributed by atoms with Crippen molar-refractivity contribution in [1.82, 2.24) is 0 Å². The Morgan fingerprint density at radius 2 is 2.27 bits per heavy atom. The van der Waals surface area contributed by atoms with Crippen molar-refractivity contribution in [3.63, 3.8) is 0 Å². The Kier molecular flexibility index (Phi) is 3.07. The number of halogens is 2. The first-order valence-corrected chi connectivity index (χ1v) is 5.43. The first-order valence-electron chi connectivity index (χ1n) is 4.64. The second-order valence-electron chi connectivity index (χ2n) is 3.31. The quantitative estimate of drug-likeness (QED) is 0.897. The average Bonchev–Trinajstić information content (AvgIpc) is 2.69. The molecule has 1 aromatic rings. The summed E-state index contributed by atoms with van der Waals surface area (Å²) in [6, 6.07) is 4.19. The van der Waals surface area contributed by atoms with Gasteiger partial charge in [-0.05, 0) is 18.2 Å². The Hall–Kier alpha value is -0.870. The summed E-state index contributed by atoms with van der Waals surface area (Å²) in [7, 11) is 0. The number of hydrogen-bond acceptors (Lipinski definition) is 2. The Morgan fingerprint density at radius 1 is 1.47 bits per heavy atom. The molecule has 1 aromatic carbocycles. The highest BCUT2D eigenvalue weighted by molar-refractivity contribution is 9.10. The summed E-state index contributed by atoms with van der Waals surface area (Å²) in [5, 5.41) is 9.95. The summed E-state index contributed by atoms with van der Waals surface area (Å²) in [6.45, 7) is 0.602. The van der Waals surface area contributed by atoms with Crippen LogP contribution < -0.4 is 0 Å². The normalized spacial score (nSPS) is 17.1. The van der Waals surface area contributed by atoms with E-state index < -0.39 is 6.10 Å². The van der Waals surface area contributed by atoms with E-state index in [1.54, 1.807) is 6.07 Å². The first-order chi connectivity index (χ1) is 7.18. The maximum atomic E-state index is 12.8. The van der Waals surface area contributed by atoms with Gasteiger partial charge in [-0.3, -0.25) is 0 Å². The van der Waals surface area contributed by atoms with Gasteiger partial charge in [0.25, 0.3) is 0 Å². The summed E-state index contributed by atoms with van der Waals surface area (Å²) in [4.78, 5) is 0. The van der Waals surface area contributed by atoms with Crippen molar-refractivity contribution in [2.24, 2.45) is 0 Å². The van der Waals surface area contributed by atoms with E-state index in [4.69, 9.17) is 4.74 Å². The molecule has 1 unspecified atom stereocenters. The predicted molar refractivity (Wildman–Crippen MR) is 57.7 cm³/mol. The van der Waals surface area contributed by atoms with E-state index in [-0.39, 0.29) is 5.82 Å². The fraction of sp³-hybridized carbons (Fsp3) is 0.273. The molecule has 1 heterocycles. The van der Waals surface area contributed by atoms with Gasteiger partial charge in [-0.25, -0.2) is 4.39 Å². The minimum Gasteiger partial charge on any atom is -0.495 e. The van der Waals surface area contributed by atoms with Crippen molar-refractivity contribution in [1.29, 1.82) is 0 Å². The van der Waals surface area contributed by atoms with Gasteiger partial charge in [-0.1, -0.05) is 22.0 Å². The molecule has 2 rings (SSSR count). The SMILES string of the molecule is OC(C1=CCCO1)c1ccc(F)cc1Br. The van der Waals surface area contributed by atoms with Crippen LogP contribution in [0.15, 0.2) is 34.5 Å². The molecular formula is C11H10BrFO2. The molecule has 1 atom stereocenters. The number of ether oxygens (including phenoxy) is 1. The third kappa shape index (κ3) is 2.21. The van der Waals surface area contributed by atoms with E-state index in [1.165, 1.54) is 12.1 Å². The van der Waals surface area contributed by atoms with Crippen molar-refractivity contribution in [2.45, 2.75) is 12.5 Å². The van der Waals surface area contributed by atoms with Crippen molar-refractivity contribution < 1.29 is 14.2 Å².